The first-order chi connectivity index (χ1) is 15.1. The molecule has 1 aromatic rings. The minimum Gasteiger partial charge on any atom is -0.760 e. The molecule has 0 radical (unpaired) electrons. The maximum atomic E-state index is 13.1. The zero-order valence-corrected chi connectivity index (χ0v) is 19.1. The lowest BCUT2D eigenvalue weighted by Gasteiger charge is -2.46. The number of aromatic nitrogens is 1. The molecule has 1 aliphatic carbocycles. The molecule has 0 saturated heterocycles. The Morgan fingerprint density at radius 1 is 1.23 bits per heavy atom. The first kappa shape index (κ1) is 25.6. The standard InChI is InChI=1S/C23H36FN3O3S/c24-16-15-23(13-5-4-6-14-23)27(31(29)30)19-8-3-1-2-7-18-26-22(28)12-11-21-10-9-17-25-20-21/h9-12,17,20H,1-8,13-16,18-19H2,(H,26,28)(H,29,30)/p-1/b12-11+. The SMILES string of the molecule is O=C(/C=C/c1cccnc1)NCCCCCCCN(S(=O)[O-])C1(CCF)CCCCC1. The fraction of sp³-hybridized carbons (Fsp3) is 0.652. The maximum Gasteiger partial charge on any atom is 0.243 e. The van der Waals surface area contributed by atoms with Crippen LogP contribution in [0.4, 0.5) is 4.39 Å². The molecule has 1 fully saturated rings. The lowest BCUT2D eigenvalue weighted by Crippen LogP contribution is -2.51. The van der Waals surface area contributed by atoms with Gasteiger partial charge in [-0.3, -0.25) is 18.4 Å². The van der Waals surface area contributed by atoms with Gasteiger partial charge in [-0.05, 0) is 49.8 Å². The van der Waals surface area contributed by atoms with Crippen molar-refractivity contribution in [2.45, 2.75) is 76.2 Å². The first-order valence-electron chi connectivity index (χ1n) is 11.4. The molecule has 174 valence electrons. The molecule has 1 aromatic heterocycles. The molecule has 1 heterocycles. The van der Waals surface area contributed by atoms with Gasteiger partial charge in [0.2, 0.25) is 5.91 Å². The Hall–Kier alpha value is -1.64. The first-order valence-corrected chi connectivity index (χ1v) is 12.4. The van der Waals surface area contributed by atoms with Crippen LogP contribution in [-0.2, 0) is 16.1 Å². The zero-order chi connectivity index (χ0) is 22.4. The van der Waals surface area contributed by atoms with Crippen LogP contribution in [0.5, 0.6) is 0 Å². The molecule has 1 unspecified atom stereocenters. The van der Waals surface area contributed by atoms with Gasteiger partial charge in [0.25, 0.3) is 0 Å². The van der Waals surface area contributed by atoms with Crippen LogP contribution >= 0.6 is 0 Å². The Morgan fingerprint density at radius 3 is 2.65 bits per heavy atom. The summed E-state index contributed by atoms with van der Waals surface area (Å²) in [6.45, 7) is 0.607. The molecule has 2 rings (SSSR count). The molecule has 1 saturated carbocycles. The van der Waals surface area contributed by atoms with Crippen LogP contribution in [0.25, 0.3) is 6.08 Å². The topological polar surface area (TPSA) is 85.4 Å². The summed E-state index contributed by atoms with van der Waals surface area (Å²) in [5.41, 5.74) is 0.361. The second-order valence-electron chi connectivity index (χ2n) is 8.22. The Balaban J connectivity index is 1.60. The van der Waals surface area contributed by atoms with Gasteiger partial charge in [-0.15, -0.1) is 0 Å². The molecule has 1 atom stereocenters. The van der Waals surface area contributed by atoms with Crippen molar-refractivity contribution in [1.82, 2.24) is 14.6 Å². The highest BCUT2D eigenvalue weighted by atomic mass is 32.2. The molecule has 0 aromatic carbocycles. The molecule has 31 heavy (non-hydrogen) atoms. The van der Waals surface area contributed by atoms with Gasteiger partial charge >= 0.3 is 0 Å². The Bertz CT molecular complexity index is 691. The number of nitrogens with one attached hydrogen (secondary N) is 1. The van der Waals surface area contributed by atoms with Crippen molar-refractivity contribution in [3.63, 3.8) is 0 Å². The van der Waals surface area contributed by atoms with Crippen molar-refractivity contribution in [3.05, 3.63) is 36.2 Å². The molecule has 0 aliphatic heterocycles. The smallest absolute Gasteiger partial charge is 0.243 e. The summed E-state index contributed by atoms with van der Waals surface area (Å²) >= 11 is -2.31. The number of nitrogens with zero attached hydrogens (tertiary/aromatic N) is 2. The van der Waals surface area contributed by atoms with Crippen LogP contribution in [0.2, 0.25) is 0 Å². The van der Waals surface area contributed by atoms with E-state index in [-0.39, 0.29) is 5.91 Å². The number of hydrogen-bond donors (Lipinski definition) is 1. The van der Waals surface area contributed by atoms with Gasteiger partial charge in [0.05, 0.1) is 6.67 Å². The van der Waals surface area contributed by atoms with Crippen molar-refractivity contribution in [3.8, 4) is 0 Å². The lowest BCUT2D eigenvalue weighted by atomic mass is 9.79. The summed E-state index contributed by atoms with van der Waals surface area (Å²) in [4.78, 5) is 15.8. The summed E-state index contributed by atoms with van der Waals surface area (Å²) in [6.07, 6.45) is 16.0. The van der Waals surface area contributed by atoms with Crippen LogP contribution in [0.15, 0.2) is 30.6 Å². The highest BCUT2D eigenvalue weighted by Gasteiger charge is 2.38. The van der Waals surface area contributed by atoms with Gasteiger partial charge in [0.1, 0.15) is 0 Å². The van der Waals surface area contributed by atoms with Gasteiger partial charge in [0.15, 0.2) is 0 Å². The van der Waals surface area contributed by atoms with E-state index in [4.69, 9.17) is 0 Å². The number of hydrogen-bond acceptors (Lipinski definition) is 4. The van der Waals surface area contributed by atoms with E-state index in [1.807, 2.05) is 12.1 Å². The summed E-state index contributed by atoms with van der Waals surface area (Å²) in [7, 11) is 0. The average molecular weight is 453 g/mol. The van der Waals surface area contributed by atoms with E-state index in [1.54, 1.807) is 18.5 Å². The van der Waals surface area contributed by atoms with Gasteiger partial charge < -0.3 is 9.87 Å². The number of pyridine rings is 1. The van der Waals surface area contributed by atoms with Gasteiger partial charge in [0, 0.05) is 48.4 Å². The average Bonchev–Trinajstić information content (AvgIpc) is 2.77. The summed E-state index contributed by atoms with van der Waals surface area (Å²) in [5.74, 6) is -0.122. The van der Waals surface area contributed by atoms with Crippen LogP contribution in [-0.4, -0.2) is 49.3 Å². The summed E-state index contributed by atoms with van der Waals surface area (Å²) in [6, 6.07) is 3.70. The van der Waals surface area contributed by atoms with Crippen molar-refractivity contribution >= 4 is 23.2 Å². The highest BCUT2D eigenvalue weighted by molar-refractivity contribution is 7.76. The van der Waals surface area contributed by atoms with Crippen LogP contribution < -0.4 is 5.32 Å². The third kappa shape index (κ3) is 9.17. The number of rotatable bonds is 14. The third-order valence-corrected chi connectivity index (χ3v) is 6.93. The Labute approximate surface area is 188 Å². The number of carbonyl (C=O) groups excluding carboxylic acids is 1. The number of carbonyl (C=O) groups is 1. The molecule has 1 amide bonds. The van der Waals surface area contributed by atoms with Crippen LogP contribution in [0.1, 0.15) is 76.2 Å². The molecule has 8 heteroatoms. The van der Waals surface area contributed by atoms with E-state index in [0.717, 1.165) is 69.8 Å². The number of amides is 1. The van der Waals surface area contributed by atoms with Crippen molar-refractivity contribution in [2.24, 2.45) is 0 Å². The van der Waals surface area contributed by atoms with Gasteiger partial charge in [-0.2, -0.15) is 0 Å². The number of unbranched alkanes of at least 4 members (excludes halogenated alkanes) is 4. The monoisotopic (exact) mass is 452 g/mol. The molecule has 0 bridgehead atoms. The third-order valence-electron chi connectivity index (χ3n) is 6.00. The quantitative estimate of drug-likeness (QED) is 0.259. The maximum absolute atomic E-state index is 13.1. The molecule has 1 aliphatic rings. The van der Waals surface area contributed by atoms with Crippen molar-refractivity contribution in [1.29, 1.82) is 0 Å². The lowest BCUT2D eigenvalue weighted by molar-refractivity contribution is -0.116. The fourth-order valence-electron chi connectivity index (χ4n) is 4.31. The van der Waals surface area contributed by atoms with E-state index in [2.05, 4.69) is 10.3 Å². The minimum absolute atomic E-state index is 0.122. The molecule has 0 spiro atoms. The van der Waals surface area contributed by atoms with Crippen molar-refractivity contribution in [2.75, 3.05) is 19.8 Å². The molecule has 1 N–H and O–H groups in total. The normalized spacial score (nSPS) is 17.1. The van der Waals surface area contributed by atoms with Gasteiger partial charge in [-0.1, -0.05) is 44.6 Å². The van der Waals surface area contributed by atoms with E-state index in [9.17, 15) is 17.9 Å². The second kappa shape index (κ2) is 14.4. The highest BCUT2D eigenvalue weighted by Crippen LogP contribution is 2.37. The minimum atomic E-state index is -2.31. The predicted octanol–water partition coefficient (Wildman–Crippen LogP) is 4.32. The summed E-state index contributed by atoms with van der Waals surface area (Å²) < 4.78 is 38.4. The van der Waals surface area contributed by atoms with Gasteiger partial charge in [-0.25, -0.2) is 4.31 Å². The fourth-order valence-corrected chi connectivity index (χ4v) is 5.18. The number of alkyl halides is 1. The van der Waals surface area contributed by atoms with E-state index in [1.165, 1.54) is 10.4 Å². The number of halogens is 1. The largest absolute Gasteiger partial charge is 0.760 e. The van der Waals surface area contributed by atoms with E-state index in [0.29, 0.717) is 19.5 Å². The van der Waals surface area contributed by atoms with Crippen LogP contribution in [0.3, 0.4) is 0 Å². The summed E-state index contributed by atoms with van der Waals surface area (Å²) in [5, 5.41) is 2.87. The second-order valence-corrected chi connectivity index (χ2v) is 9.10. The Morgan fingerprint density at radius 2 is 1.97 bits per heavy atom. The van der Waals surface area contributed by atoms with Crippen molar-refractivity contribution < 1.29 is 17.9 Å². The van der Waals surface area contributed by atoms with E-state index >= 15 is 0 Å². The molecule has 6 nitrogen and oxygen atoms in total. The Kier molecular flexibility index (Phi) is 11.9. The predicted molar refractivity (Wildman–Crippen MR) is 121 cm³/mol. The molecular formula is C23H35FN3O3S-. The van der Waals surface area contributed by atoms with E-state index < -0.39 is 23.5 Å². The van der Waals surface area contributed by atoms with Crippen LogP contribution in [0, 0.1) is 0 Å². The molecular weight excluding hydrogens is 417 g/mol. The zero-order valence-electron chi connectivity index (χ0n) is 18.3.